The second kappa shape index (κ2) is 5.16. The van der Waals surface area contributed by atoms with Crippen molar-refractivity contribution in [2.24, 2.45) is 5.41 Å². The molecule has 1 aliphatic rings. The van der Waals surface area contributed by atoms with E-state index in [2.05, 4.69) is 11.4 Å². The lowest BCUT2D eigenvalue weighted by molar-refractivity contribution is -0.132. The van der Waals surface area contributed by atoms with Gasteiger partial charge in [0.25, 0.3) is 0 Å². The van der Waals surface area contributed by atoms with Crippen molar-refractivity contribution in [3.63, 3.8) is 0 Å². The first kappa shape index (κ1) is 12.0. The van der Waals surface area contributed by atoms with Crippen LogP contribution in [0.5, 0.6) is 0 Å². The summed E-state index contributed by atoms with van der Waals surface area (Å²) in [4.78, 5) is 12.0. The van der Waals surface area contributed by atoms with E-state index in [9.17, 15) is 4.79 Å². The monoisotopic (exact) mass is 208 g/mol. The standard InChI is InChI=1S/C12H20N2O/c1-10(6-9-13)14-11(15)12(2)7-4-3-5-8-12/h10H,3-8H2,1-2H3,(H,14,15). The lowest BCUT2D eigenvalue weighted by Gasteiger charge is -2.32. The van der Waals surface area contributed by atoms with E-state index >= 15 is 0 Å². The normalized spacial score (nSPS) is 21.4. The number of hydrogen-bond acceptors (Lipinski definition) is 2. The third-order valence-corrected chi connectivity index (χ3v) is 3.28. The van der Waals surface area contributed by atoms with E-state index in [0.29, 0.717) is 6.42 Å². The maximum absolute atomic E-state index is 12.0. The third kappa shape index (κ3) is 3.23. The molecule has 1 unspecified atom stereocenters. The molecule has 15 heavy (non-hydrogen) atoms. The van der Waals surface area contributed by atoms with Gasteiger partial charge in [-0.1, -0.05) is 26.2 Å². The van der Waals surface area contributed by atoms with E-state index < -0.39 is 0 Å². The maximum atomic E-state index is 12.0. The molecule has 0 aromatic rings. The molecule has 1 rings (SSSR count). The molecular formula is C12H20N2O. The fourth-order valence-electron chi connectivity index (χ4n) is 2.15. The molecule has 0 spiro atoms. The number of rotatable bonds is 3. The van der Waals surface area contributed by atoms with Crippen LogP contribution in [0, 0.1) is 16.7 Å². The summed E-state index contributed by atoms with van der Waals surface area (Å²) in [5.41, 5.74) is -0.192. The number of amides is 1. The molecule has 3 nitrogen and oxygen atoms in total. The molecule has 0 aromatic carbocycles. The van der Waals surface area contributed by atoms with Crippen molar-refractivity contribution in [3.05, 3.63) is 0 Å². The third-order valence-electron chi connectivity index (χ3n) is 3.28. The molecule has 0 radical (unpaired) electrons. The van der Waals surface area contributed by atoms with Gasteiger partial charge in [-0.25, -0.2) is 0 Å². The molecule has 0 saturated heterocycles. The van der Waals surface area contributed by atoms with Crippen LogP contribution in [0.3, 0.4) is 0 Å². The van der Waals surface area contributed by atoms with Crippen LogP contribution in [-0.4, -0.2) is 11.9 Å². The van der Waals surface area contributed by atoms with Gasteiger partial charge < -0.3 is 5.32 Å². The Hall–Kier alpha value is -1.04. The van der Waals surface area contributed by atoms with Crippen LogP contribution >= 0.6 is 0 Å². The average Bonchev–Trinajstić information content (AvgIpc) is 2.19. The van der Waals surface area contributed by atoms with Crippen molar-refractivity contribution < 1.29 is 4.79 Å². The fraction of sp³-hybridized carbons (Fsp3) is 0.833. The summed E-state index contributed by atoms with van der Waals surface area (Å²) in [6, 6.07) is 2.05. The molecule has 84 valence electrons. The van der Waals surface area contributed by atoms with Gasteiger partial charge >= 0.3 is 0 Å². The van der Waals surface area contributed by atoms with Crippen molar-refractivity contribution in [2.75, 3.05) is 0 Å². The summed E-state index contributed by atoms with van der Waals surface area (Å²) in [5.74, 6) is 0.130. The topological polar surface area (TPSA) is 52.9 Å². The van der Waals surface area contributed by atoms with E-state index in [1.165, 1.54) is 6.42 Å². The van der Waals surface area contributed by atoms with Crippen LogP contribution in [0.2, 0.25) is 0 Å². The Morgan fingerprint density at radius 2 is 2.07 bits per heavy atom. The molecule has 1 N–H and O–H groups in total. The van der Waals surface area contributed by atoms with Crippen molar-refractivity contribution >= 4 is 5.91 Å². The molecule has 1 saturated carbocycles. The smallest absolute Gasteiger partial charge is 0.226 e. The van der Waals surface area contributed by atoms with Gasteiger partial charge in [0.2, 0.25) is 5.91 Å². The predicted octanol–water partition coefficient (Wildman–Crippen LogP) is 2.38. The van der Waals surface area contributed by atoms with Crippen molar-refractivity contribution in [1.29, 1.82) is 5.26 Å². The molecule has 0 aliphatic heterocycles. The number of hydrogen-bond donors (Lipinski definition) is 1. The highest BCUT2D eigenvalue weighted by molar-refractivity contribution is 5.82. The Morgan fingerprint density at radius 1 is 1.47 bits per heavy atom. The van der Waals surface area contributed by atoms with E-state index in [1.54, 1.807) is 0 Å². The van der Waals surface area contributed by atoms with Crippen LogP contribution in [0.25, 0.3) is 0 Å². The highest BCUT2D eigenvalue weighted by atomic mass is 16.2. The zero-order chi connectivity index (χ0) is 11.3. The van der Waals surface area contributed by atoms with Gasteiger partial charge in [0.15, 0.2) is 0 Å². The minimum atomic E-state index is -0.192. The number of carbonyl (C=O) groups is 1. The van der Waals surface area contributed by atoms with Crippen LogP contribution in [-0.2, 0) is 4.79 Å². The lowest BCUT2D eigenvalue weighted by atomic mass is 9.75. The highest BCUT2D eigenvalue weighted by Crippen LogP contribution is 2.35. The summed E-state index contributed by atoms with van der Waals surface area (Å²) >= 11 is 0. The molecular weight excluding hydrogens is 188 g/mol. The van der Waals surface area contributed by atoms with Gasteiger partial charge in [-0.05, 0) is 19.8 Å². The molecule has 3 heteroatoms. The van der Waals surface area contributed by atoms with E-state index in [-0.39, 0.29) is 17.4 Å². The first-order chi connectivity index (χ1) is 7.08. The summed E-state index contributed by atoms with van der Waals surface area (Å²) in [6.45, 7) is 3.92. The van der Waals surface area contributed by atoms with Crippen LogP contribution < -0.4 is 5.32 Å². The first-order valence-corrected chi connectivity index (χ1v) is 5.76. The van der Waals surface area contributed by atoms with Gasteiger partial charge in [0.05, 0.1) is 12.5 Å². The number of nitrogens with one attached hydrogen (secondary N) is 1. The molecule has 0 heterocycles. The summed E-state index contributed by atoms with van der Waals surface area (Å²) in [5, 5.41) is 11.5. The molecule has 0 aromatic heterocycles. The van der Waals surface area contributed by atoms with Crippen LogP contribution in [0.1, 0.15) is 52.4 Å². The number of nitrogens with zero attached hydrogens (tertiary/aromatic N) is 1. The van der Waals surface area contributed by atoms with Gasteiger partial charge in [0.1, 0.15) is 0 Å². The Kier molecular flexibility index (Phi) is 4.14. The van der Waals surface area contributed by atoms with E-state index in [1.807, 2.05) is 13.8 Å². The minimum Gasteiger partial charge on any atom is -0.352 e. The van der Waals surface area contributed by atoms with Gasteiger partial charge in [-0.15, -0.1) is 0 Å². The predicted molar refractivity (Wildman–Crippen MR) is 59.0 cm³/mol. The lowest BCUT2D eigenvalue weighted by Crippen LogP contribution is -2.44. The average molecular weight is 208 g/mol. The Morgan fingerprint density at radius 3 is 2.60 bits per heavy atom. The van der Waals surface area contributed by atoms with Gasteiger partial charge in [-0.3, -0.25) is 4.79 Å². The van der Waals surface area contributed by atoms with E-state index in [0.717, 1.165) is 25.7 Å². The quantitative estimate of drug-likeness (QED) is 0.774. The van der Waals surface area contributed by atoms with Crippen LogP contribution in [0.15, 0.2) is 0 Å². The largest absolute Gasteiger partial charge is 0.352 e. The maximum Gasteiger partial charge on any atom is 0.226 e. The number of nitriles is 1. The highest BCUT2D eigenvalue weighted by Gasteiger charge is 2.34. The summed E-state index contributed by atoms with van der Waals surface area (Å²) < 4.78 is 0. The zero-order valence-electron chi connectivity index (χ0n) is 9.68. The molecule has 0 bridgehead atoms. The molecule has 1 aliphatic carbocycles. The molecule has 1 amide bonds. The second-order valence-electron chi connectivity index (χ2n) is 4.86. The molecule has 1 atom stereocenters. The van der Waals surface area contributed by atoms with Crippen molar-refractivity contribution in [1.82, 2.24) is 5.32 Å². The van der Waals surface area contributed by atoms with Gasteiger partial charge in [-0.2, -0.15) is 5.26 Å². The summed E-state index contributed by atoms with van der Waals surface area (Å²) in [6.07, 6.45) is 5.90. The van der Waals surface area contributed by atoms with Crippen LogP contribution in [0.4, 0.5) is 0 Å². The fourth-order valence-corrected chi connectivity index (χ4v) is 2.15. The summed E-state index contributed by atoms with van der Waals surface area (Å²) in [7, 11) is 0. The molecule has 1 fully saturated rings. The van der Waals surface area contributed by atoms with E-state index in [4.69, 9.17) is 5.26 Å². The minimum absolute atomic E-state index is 0.0266. The Labute approximate surface area is 91.9 Å². The second-order valence-corrected chi connectivity index (χ2v) is 4.86. The first-order valence-electron chi connectivity index (χ1n) is 5.76. The Balaban J connectivity index is 2.48. The van der Waals surface area contributed by atoms with Gasteiger partial charge in [0, 0.05) is 11.5 Å². The number of carbonyl (C=O) groups excluding carboxylic acids is 1. The Bertz CT molecular complexity index is 261. The zero-order valence-corrected chi connectivity index (χ0v) is 9.68. The SMILES string of the molecule is CC(CC#N)NC(=O)C1(C)CCCCC1. The van der Waals surface area contributed by atoms with Crippen molar-refractivity contribution in [2.45, 2.75) is 58.4 Å². The van der Waals surface area contributed by atoms with Crippen molar-refractivity contribution in [3.8, 4) is 6.07 Å².